The minimum Gasteiger partial charge on any atom is -0.493 e. The predicted octanol–water partition coefficient (Wildman–Crippen LogP) is 2.95. The molecule has 7 nitrogen and oxygen atoms in total. The van der Waals surface area contributed by atoms with Crippen LogP contribution in [-0.2, 0) is 6.42 Å². The van der Waals surface area contributed by atoms with Crippen LogP contribution >= 0.6 is 0 Å². The summed E-state index contributed by atoms with van der Waals surface area (Å²) in [7, 11) is 0. The van der Waals surface area contributed by atoms with E-state index in [2.05, 4.69) is 15.4 Å². The van der Waals surface area contributed by atoms with Crippen LogP contribution in [0, 0.1) is 6.92 Å². The number of benzene rings is 2. The lowest BCUT2D eigenvalue weighted by Gasteiger charge is -2.07. The third kappa shape index (κ3) is 3.77. The van der Waals surface area contributed by atoms with E-state index in [0.29, 0.717) is 18.5 Å². The summed E-state index contributed by atoms with van der Waals surface area (Å²) in [6.07, 6.45) is 3.30. The number of aromatic hydroxyl groups is 1. The van der Waals surface area contributed by atoms with E-state index >= 15 is 0 Å². The third-order valence-corrected chi connectivity index (χ3v) is 4.85. The summed E-state index contributed by atoms with van der Waals surface area (Å²) >= 11 is 0. The standard InChI is InChI=1S/C23H20N4O3/c1-15-7-9-16(10-8-15)11-12-24-22(29)19-14-26-27-21(19)25-13-18(23(27)30)20(28)17-5-3-2-4-6-17/h2-10,13-14,30H,11-12H2,1H3,(H,24,29). The minimum absolute atomic E-state index is 0.0168. The van der Waals surface area contributed by atoms with Crippen molar-refractivity contribution in [3.8, 4) is 5.88 Å². The zero-order valence-corrected chi connectivity index (χ0v) is 16.4. The fourth-order valence-electron chi connectivity index (χ4n) is 3.15. The number of nitrogens with one attached hydrogen (secondary N) is 1. The van der Waals surface area contributed by atoms with Gasteiger partial charge in [0.25, 0.3) is 5.91 Å². The van der Waals surface area contributed by atoms with Gasteiger partial charge in [0.2, 0.25) is 5.88 Å². The Kier molecular flexibility index (Phi) is 5.26. The van der Waals surface area contributed by atoms with Crippen LogP contribution in [0.1, 0.15) is 37.4 Å². The van der Waals surface area contributed by atoms with E-state index < -0.39 is 0 Å². The van der Waals surface area contributed by atoms with Gasteiger partial charge in [-0.05, 0) is 18.9 Å². The number of aryl methyl sites for hydroxylation is 1. The molecule has 0 bridgehead atoms. The van der Waals surface area contributed by atoms with Crippen LogP contribution in [-0.4, -0.2) is 37.9 Å². The summed E-state index contributed by atoms with van der Waals surface area (Å²) in [5.74, 6) is -1.07. The Labute approximate surface area is 173 Å². The quantitative estimate of drug-likeness (QED) is 0.485. The SMILES string of the molecule is Cc1ccc(CCNC(=O)c2cnn3c(O)c(C(=O)c4ccccc4)cnc23)cc1. The number of hydrogen-bond acceptors (Lipinski definition) is 5. The molecule has 2 aromatic heterocycles. The summed E-state index contributed by atoms with van der Waals surface area (Å²) in [4.78, 5) is 29.4. The Morgan fingerprint density at radius 3 is 2.47 bits per heavy atom. The first-order valence-corrected chi connectivity index (χ1v) is 9.54. The molecule has 2 heterocycles. The molecule has 0 unspecified atom stereocenters. The van der Waals surface area contributed by atoms with Crippen LogP contribution in [0.3, 0.4) is 0 Å². The Morgan fingerprint density at radius 2 is 1.73 bits per heavy atom. The molecule has 4 rings (SSSR count). The molecule has 0 aliphatic heterocycles. The monoisotopic (exact) mass is 400 g/mol. The number of ketones is 1. The fourth-order valence-corrected chi connectivity index (χ4v) is 3.15. The highest BCUT2D eigenvalue weighted by Crippen LogP contribution is 2.22. The Hall–Kier alpha value is -4.00. The number of hydrogen-bond donors (Lipinski definition) is 2. The second kappa shape index (κ2) is 8.16. The lowest BCUT2D eigenvalue weighted by atomic mass is 10.1. The van der Waals surface area contributed by atoms with E-state index in [9.17, 15) is 14.7 Å². The lowest BCUT2D eigenvalue weighted by molar-refractivity contribution is 0.0955. The largest absolute Gasteiger partial charge is 0.493 e. The summed E-state index contributed by atoms with van der Waals surface area (Å²) in [5.41, 5.74) is 3.17. The molecule has 0 aliphatic rings. The number of carbonyl (C=O) groups excluding carboxylic acids is 2. The average molecular weight is 400 g/mol. The molecule has 0 aliphatic carbocycles. The van der Waals surface area contributed by atoms with Crippen molar-refractivity contribution in [2.45, 2.75) is 13.3 Å². The highest BCUT2D eigenvalue weighted by Gasteiger charge is 2.21. The second-order valence-electron chi connectivity index (χ2n) is 6.98. The summed E-state index contributed by atoms with van der Waals surface area (Å²) < 4.78 is 1.10. The van der Waals surface area contributed by atoms with Gasteiger partial charge in [0.1, 0.15) is 11.1 Å². The molecular weight excluding hydrogens is 380 g/mol. The van der Waals surface area contributed by atoms with E-state index in [-0.39, 0.29) is 34.3 Å². The highest BCUT2D eigenvalue weighted by atomic mass is 16.3. The Bertz CT molecular complexity index is 1210. The maximum atomic E-state index is 12.6. The molecule has 4 aromatic rings. The van der Waals surface area contributed by atoms with Crippen molar-refractivity contribution in [1.29, 1.82) is 0 Å². The van der Waals surface area contributed by atoms with Crippen molar-refractivity contribution >= 4 is 17.3 Å². The summed E-state index contributed by atoms with van der Waals surface area (Å²) in [6, 6.07) is 16.7. The van der Waals surface area contributed by atoms with Gasteiger partial charge in [0, 0.05) is 18.3 Å². The molecule has 0 saturated heterocycles. The lowest BCUT2D eigenvalue weighted by Crippen LogP contribution is -2.25. The average Bonchev–Trinajstić information content (AvgIpc) is 3.21. The molecule has 30 heavy (non-hydrogen) atoms. The molecule has 2 aromatic carbocycles. The van der Waals surface area contributed by atoms with Crippen LogP contribution in [0.4, 0.5) is 0 Å². The smallest absolute Gasteiger partial charge is 0.256 e. The maximum absolute atomic E-state index is 12.6. The number of rotatable bonds is 6. The first kappa shape index (κ1) is 19.3. The molecule has 0 atom stereocenters. The van der Waals surface area contributed by atoms with Crippen molar-refractivity contribution in [1.82, 2.24) is 19.9 Å². The molecule has 0 spiro atoms. The third-order valence-electron chi connectivity index (χ3n) is 4.85. The molecule has 2 N–H and O–H groups in total. The van der Waals surface area contributed by atoms with E-state index in [0.717, 1.165) is 10.1 Å². The molecule has 1 amide bonds. The van der Waals surface area contributed by atoms with Gasteiger partial charge in [0.05, 0.1) is 6.20 Å². The number of carbonyl (C=O) groups is 2. The van der Waals surface area contributed by atoms with Crippen molar-refractivity contribution in [3.05, 3.63) is 94.8 Å². The van der Waals surface area contributed by atoms with E-state index in [1.165, 1.54) is 18.0 Å². The highest BCUT2D eigenvalue weighted by molar-refractivity contribution is 6.10. The van der Waals surface area contributed by atoms with Crippen molar-refractivity contribution in [3.63, 3.8) is 0 Å². The molecule has 7 heteroatoms. The van der Waals surface area contributed by atoms with E-state index in [4.69, 9.17) is 0 Å². The van der Waals surface area contributed by atoms with Gasteiger partial charge in [-0.2, -0.15) is 9.61 Å². The van der Waals surface area contributed by atoms with E-state index in [1.807, 2.05) is 31.2 Å². The summed E-state index contributed by atoms with van der Waals surface area (Å²) in [6.45, 7) is 2.48. The number of nitrogens with zero attached hydrogens (tertiary/aromatic N) is 3. The van der Waals surface area contributed by atoms with Gasteiger partial charge in [0.15, 0.2) is 11.4 Å². The number of amides is 1. The van der Waals surface area contributed by atoms with Crippen molar-refractivity contribution in [2.24, 2.45) is 0 Å². The van der Waals surface area contributed by atoms with Crippen LogP contribution in [0.5, 0.6) is 5.88 Å². The topological polar surface area (TPSA) is 96.6 Å². The normalized spacial score (nSPS) is 10.8. The van der Waals surface area contributed by atoms with Crippen LogP contribution < -0.4 is 5.32 Å². The number of aromatic nitrogens is 3. The van der Waals surface area contributed by atoms with Crippen LogP contribution in [0.2, 0.25) is 0 Å². The predicted molar refractivity (Wildman–Crippen MR) is 112 cm³/mol. The minimum atomic E-state index is -0.373. The first-order chi connectivity index (χ1) is 14.5. The zero-order chi connectivity index (χ0) is 21.1. The summed E-state index contributed by atoms with van der Waals surface area (Å²) in [5, 5.41) is 17.4. The Morgan fingerprint density at radius 1 is 1.00 bits per heavy atom. The van der Waals surface area contributed by atoms with Gasteiger partial charge < -0.3 is 10.4 Å². The van der Waals surface area contributed by atoms with Gasteiger partial charge in [-0.15, -0.1) is 0 Å². The molecule has 0 radical (unpaired) electrons. The molecule has 0 saturated carbocycles. The van der Waals surface area contributed by atoms with Crippen LogP contribution in [0.25, 0.3) is 5.65 Å². The van der Waals surface area contributed by atoms with Gasteiger partial charge in [-0.3, -0.25) is 9.59 Å². The molecule has 0 fully saturated rings. The van der Waals surface area contributed by atoms with Crippen LogP contribution in [0.15, 0.2) is 67.0 Å². The zero-order valence-electron chi connectivity index (χ0n) is 16.4. The maximum Gasteiger partial charge on any atom is 0.256 e. The Balaban J connectivity index is 1.51. The van der Waals surface area contributed by atoms with Gasteiger partial charge >= 0.3 is 0 Å². The molecule has 150 valence electrons. The molecular formula is C23H20N4O3. The van der Waals surface area contributed by atoms with Crippen molar-refractivity contribution < 1.29 is 14.7 Å². The van der Waals surface area contributed by atoms with Crippen molar-refractivity contribution in [2.75, 3.05) is 6.54 Å². The van der Waals surface area contributed by atoms with Gasteiger partial charge in [-0.25, -0.2) is 4.98 Å². The van der Waals surface area contributed by atoms with E-state index in [1.54, 1.807) is 30.3 Å². The first-order valence-electron chi connectivity index (χ1n) is 9.54. The second-order valence-corrected chi connectivity index (χ2v) is 6.98. The number of fused-ring (bicyclic) bond motifs is 1. The fraction of sp³-hybridized carbons (Fsp3) is 0.130. The van der Waals surface area contributed by atoms with Gasteiger partial charge in [-0.1, -0.05) is 60.2 Å².